The number of nitrogens with one attached hydrogen (secondary N) is 2. The summed E-state index contributed by atoms with van der Waals surface area (Å²) in [5.74, 6) is 0.776. The van der Waals surface area contributed by atoms with Crippen LogP contribution in [-0.4, -0.2) is 50.9 Å². The number of carbonyl (C=O) groups is 3. The lowest BCUT2D eigenvalue weighted by Gasteiger charge is -2.40. The molecule has 4 amide bonds. The number of nitrogens with zero attached hydrogens (tertiary/aromatic N) is 3. The Kier molecular flexibility index (Phi) is 4.78. The molecular weight excluding hydrogens is 322 g/mol. The molecule has 0 saturated carbocycles. The van der Waals surface area contributed by atoms with Gasteiger partial charge in [-0.25, -0.2) is 9.78 Å². The molecule has 2 N–H and O–H groups in total. The summed E-state index contributed by atoms with van der Waals surface area (Å²) >= 11 is 0. The summed E-state index contributed by atoms with van der Waals surface area (Å²) in [6.07, 6.45) is 6.29. The molecule has 8 heteroatoms. The predicted octanol–water partition coefficient (Wildman–Crippen LogP) is 0.672. The third-order valence-electron chi connectivity index (χ3n) is 5.49. The topological polar surface area (TPSA) is 96.3 Å². The lowest BCUT2D eigenvalue weighted by atomic mass is 9.76. The second-order valence-electron chi connectivity index (χ2n) is 6.71. The average molecular weight is 347 g/mol. The van der Waals surface area contributed by atoms with E-state index in [1.807, 2.05) is 29.5 Å². The van der Waals surface area contributed by atoms with Crippen LogP contribution in [0, 0.1) is 5.92 Å². The summed E-state index contributed by atoms with van der Waals surface area (Å²) in [6.45, 7) is 5.42. The molecule has 0 aromatic carbocycles. The fourth-order valence-corrected chi connectivity index (χ4v) is 4.00. The van der Waals surface area contributed by atoms with E-state index in [-0.39, 0.29) is 17.7 Å². The number of hydrogen-bond acceptors (Lipinski definition) is 4. The Morgan fingerprint density at radius 3 is 2.60 bits per heavy atom. The first-order valence-electron chi connectivity index (χ1n) is 8.91. The van der Waals surface area contributed by atoms with E-state index in [4.69, 9.17) is 0 Å². The van der Waals surface area contributed by atoms with E-state index in [0.29, 0.717) is 38.9 Å². The zero-order valence-electron chi connectivity index (χ0n) is 14.7. The summed E-state index contributed by atoms with van der Waals surface area (Å²) in [6, 6.07) is -0.419. The summed E-state index contributed by atoms with van der Waals surface area (Å²) < 4.78 is 1.88. The van der Waals surface area contributed by atoms with Crippen molar-refractivity contribution in [3.8, 4) is 0 Å². The number of piperidine rings is 1. The van der Waals surface area contributed by atoms with Crippen molar-refractivity contribution in [2.45, 2.75) is 51.6 Å². The Labute approximate surface area is 147 Å². The van der Waals surface area contributed by atoms with Crippen LogP contribution < -0.4 is 10.6 Å². The Morgan fingerprint density at radius 1 is 1.32 bits per heavy atom. The number of imide groups is 1. The minimum absolute atomic E-state index is 0.0486. The molecule has 0 aliphatic carbocycles. The fourth-order valence-electron chi connectivity index (χ4n) is 4.00. The first kappa shape index (κ1) is 17.4. The molecule has 136 valence electrons. The van der Waals surface area contributed by atoms with Crippen molar-refractivity contribution in [2.24, 2.45) is 5.92 Å². The molecule has 2 aliphatic heterocycles. The molecule has 8 nitrogen and oxygen atoms in total. The second kappa shape index (κ2) is 6.85. The third-order valence-corrected chi connectivity index (χ3v) is 5.49. The van der Waals surface area contributed by atoms with E-state index >= 15 is 0 Å². The number of rotatable bonds is 5. The highest BCUT2D eigenvalue weighted by Crippen LogP contribution is 2.33. The lowest BCUT2D eigenvalue weighted by molar-refractivity contribution is -0.134. The molecule has 2 fully saturated rings. The maximum atomic E-state index is 12.6. The van der Waals surface area contributed by atoms with Gasteiger partial charge in [-0.05, 0) is 25.2 Å². The zero-order valence-corrected chi connectivity index (χ0v) is 14.7. The van der Waals surface area contributed by atoms with Crippen molar-refractivity contribution in [2.75, 3.05) is 13.1 Å². The van der Waals surface area contributed by atoms with E-state index < -0.39 is 11.6 Å². The van der Waals surface area contributed by atoms with Gasteiger partial charge in [0.2, 0.25) is 5.91 Å². The van der Waals surface area contributed by atoms with Gasteiger partial charge in [-0.1, -0.05) is 13.8 Å². The molecule has 1 aromatic rings. The molecule has 3 heterocycles. The molecule has 1 unspecified atom stereocenters. The Bertz CT molecular complexity index is 678. The number of carbonyl (C=O) groups excluding carboxylic acids is 3. The molecule has 2 saturated heterocycles. The number of amides is 4. The number of aromatic nitrogens is 2. The highest BCUT2D eigenvalue weighted by molar-refractivity contribution is 6.07. The Hall–Kier alpha value is -2.38. The minimum atomic E-state index is -0.827. The molecule has 3 rings (SSSR count). The van der Waals surface area contributed by atoms with Crippen molar-refractivity contribution in [3.05, 3.63) is 18.2 Å². The minimum Gasteiger partial charge on any atom is -0.341 e. The van der Waals surface area contributed by atoms with Gasteiger partial charge in [0.1, 0.15) is 17.9 Å². The van der Waals surface area contributed by atoms with Gasteiger partial charge in [-0.2, -0.15) is 0 Å². The normalized spacial score (nSPS) is 24.3. The van der Waals surface area contributed by atoms with Crippen molar-refractivity contribution < 1.29 is 14.4 Å². The molecule has 0 radical (unpaired) electrons. The van der Waals surface area contributed by atoms with Crippen LogP contribution in [0.15, 0.2) is 12.4 Å². The summed E-state index contributed by atoms with van der Waals surface area (Å²) in [7, 11) is 0. The molecule has 1 aromatic heterocycles. The van der Waals surface area contributed by atoms with Gasteiger partial charge in [-0.3, -0.25) is 14.9 Å². The standard InChI is InChI=1S/C17H25N5O3/c1-3-13-18-7-10-22(13)11-14(23)21-8-5-12(6-9-21)17(4-2)15(24)19-16(25)20-17/h7,10,12H,3-6,8-9,11H2,1-2H3,(H2,19,20,24,25). The van der Waals surface area contributed by atoms with Gasteiger partial charge in [0, 0.05) is 31.9 Å². The van der Waals surface area contributed by atoms with Gasteiger partial charge in [-0.15, -0.1) is 0 Å². The quantitative estimate of drug-likeness (QED) is 0.765. The lowest BCUT2D eigenvalue weighted by Crippen LogP contribution is -2.56. The summed E-state index contributed by atoms with van der Waals surface area (Å²) in [5, 5.41) is 5.17. The highest BCUT2D eigenvalue weighted by atomic mass is 16.2. The number of hydrogen-bond donors (Lipinski definition) is 2. The third kappa shape index (κ3) is 3.12. The summed E-state index contributed by atoms with van der Waals surface area (Å²) in [4.78, 5) is 42.5. The van der Waals surface area contributed by atoms with Crippen LogP contribution in [0.25, 0.3) is 0 Å². The maximum absolute atomic E-state index is 12.6. The number of urea groups is 1. The van der Waals surface area contributed by atoms with Gasteiger partial charge in [0.25, 0.3) is 5.91 Å². The molecule has 0 spiro atoms. The van der Waals surface area contributed by atoms with Crippen LogP contribution in [-0.2, 0) is 22.6 Å². The van der Waals surface area contributed by atoms with Gasteiger partial charge >= 0.3 is 6.03 Å². The van der Waals surface area contributed by atoms with Gasteiger partial charge in [0.15, 0.2) is 0 Å². The second-order valence-corrected chi connectivity index (χ2v) is 6.71. The van der Waals surface area contributed by atoms with E-state index in [9.17, 15) is 14.4 Å². The number of aryl methyl sites for hydroxylation is 1. The largest absolute Gasteiger partial charge is 0.341 e. The van der Waals surface area contributed by atoms with Crippen LogP contribution in [0.4, 0.5) is 4.79 Å². The van der Waals surface area contributed by atoms with Crippen molar-refractivity contribution in [3.63, 3.8) is 0 Å². The van der Waals surface area contributed by atoms with E-state index in [0.717, 1.165) is 12.2 Å². The fraction of sp³-hybridized carbons (Fsp3) is 0.647. The average Bonchev–Trinajstić information content (AvgIpc) is 3.18. The van der Waals surface area contributed by atoms with Crippen molar-refractivity contribution in [1.82, 2.24) is 25.1 Å². The predicted molar refractivity (Wildman–Crippen MR) is 90.6 cm³/mol. The van der Waals surface area contributed by atoms with Crippen molar-refractivity contribution >= 4 is 17.8 Å². The van der Waals surface area contributed by atoms with Gasteiger partial charge in [0.05, 0.1) is 0 Å². The van der Waals surface area contributed by atoms with Gasteiger partial charge < -0.3 is 14.8 Å². The van der Waals surface area contributed by atoms with E-state index in [2.05, 4.69) is 15.6 Å². The Balaban J connectivity index is 1.61. The van der Waals surface area contributed by atoms with E-state index in [1.165, 1.54) is 0 Å². The SMILES string of the molecule is CCc1nccn1CC(=O)N1CCC(C2(CC)NC(=O)NC2=O)CC1. The van der Waals surface area contributed by atoms with Crippen LogP contribution in [0.3, 0.4) is 0 Å². The molecule has 0 bridgehead atoms. The smallest absolute Gasteiger partial charge is 0.322 e. The van der Waals surface area contributed by atoms with Crippen LogP contribution >= 0.6 is 0 Å². The first-order chi connectivity index (χ1) is 12.0. The molecule has 2 aliphatic rings. The molecule has 25 heavy (non-hydrogen) atoms. The van der Waals surface area contributed by atoms with Crippen LogP contribution in [0.1, 0.15) is 38.9 Å². The molecule has 1 atom stereocenters. The summed E-state index contributed by atoms with van der Waals surface area (Å²) in [5.41, 5.74) is -0.827. The molecular formula is C17H25N5O3. The maximum Gasteiger partial charge on any atom is 0.322 e. The highest BCUT2D eigenvalue weighted by Gasteiger charge is 2.51. The number of imidazole rings is 1. The first-order valence-corrected chi connectivity index (χ1v) is 8.91. The van der Waals surface area contributed by atoms with Crippen LogP contribution in [0.5, 0.6) is 0 Å². The number of likely N-dealkylation sites (tertiary alicyclic amines) is 1. The van der Waals surface area contributed by atoms with E-state index in [1.54, 1.807) is 6.20 Å². The zero-order chi connectivity index (χ0) is 18.0. The van der Waals surface area contributed by atoms with Crippen LogP contribution in [0.2, 0.25) is 0 Å². The van der Waals surface area contributed by atoms with Crippen molar-refractivity contribution in [1.29, 1.82) is 0 Å². The Morgan fingerprint density at radius 2 is 2.04 bits per heavy atom. The monoisotopic (exact) mass is 347 g/mol.